The van der Waals surface area contributed by atoms with Crippen LogP contribution in [0.4, 0.5) is 11.4 Å². The zero-order valence-corrected chi connectivity index (χ0v) is 11.8. The molecule has 0 radical (unpaired) electrons. The highest BCUT2D eigenvalue weighted by molar-refractivity contribution is 6.07. The molecule has 106 valence electrons. The van der Waals surface area contributed by atoms with Gasteiger partial charge in [-0.25, -0.2) is 0 Å². The van der Waals surface area contributed by atoms with Gasteiger partial charge in [0.2, 0.25) is 5.91 Å². The van der Waals surface area contributed by atoms with Gasteiger partial charge in [0.1, 0.15) is 5.69 Å². The molecule has 3 rings (SSSR count). The van der Waals surface area contributed by atoms with Gasteiger partial charge in [0.15, 0.2) is 0 Å². The summed E-state index contributed by atoms with van der Waals surface area (Å²) in [6, 6.07) is 10.6. The van der Waals surface area contributed by atoms with Crippen LogP contribution in [-0.2, 0) is 10.2 Å². The Hall–Kier alpha value is -2.69. The van der Waals surface area contributed by atoms with Gasteiger partial charge in [-0.05, 0) is 49.7 Å². The van der Waals surface area contributed by atoms with Crippen molar-refractivity contribution in [1.82, 2.24) is 4.98 Å². The van der Waals surface area contributed by atoms with E-state index in [9.17, 15) is 9.59 Å². The number of nitrogens with zero attached hydrogens (tertiary/aromatic N) is 1. The molecule has 2 N–H and O–H groups in total. The van der Waals surface area contributed by atoms with Crippen LogP contribution >= 0.6 is 0 Å². The van der Waals surface area contributed by atoms with Crippen LogP contribution in [-0.4, -0.2) is 16.8 Å². The third-order valence-corrected chi connectivity index (χ3v) is 3.66. The summed E-state index contributed by atoms with van der Waals surface area (Å²) in [5.41, 5.74) is 2.08. The zero-order valence-electron chi connectivity index (χ0n) is 11.8. The highest BCUT2D eigenvalue weighted by Gasteiger charge is 2.38. The molecule has 0 unspecified atom stereocenters. The van der Waals surface area contributed by atoms with Crippen molar-refractivity contribution in [3.63, 3.8) is 0 Å². The third-order valence-electron chi connectivity index (χ3n) is 3.66. The molecule has 0 aliphatic carbocycles. The number of carbonyl (C=O) groups excluding carboxylic acids is 2. The number of amides is 2. The number of fused-ring (bicyclic) bond motifs is 1. The molecule has 5 heteroatoms. The number of carbonyl (C=O) groups is 2. The van der Waals surface area contributed by atoms with Crippen LogP contribution in [0, 0.1) is 0 Å². The van der Waals surface area contributed by atoms with Crippen LogP contribution in [0.2, 0.25) is 0 Å². The molecule has 1 aliphatic heterocycles. The van der Waals surface area contributed by atoms with Crippen LogP contribution in [0.5, 0.6) is 0 Å². The monoisotopic (exact) mass is 281 g/mol. The van der Waals surface area contributed by atoms with Gasteiger partial charge >= 0.3 is 0 Å². The number of anilines is 2. The van der Waals surface area contributed by atoms with Gasteiger partial charge in [-0.15, -0.1) is 0 Å². The minimum atomic E-state index is -0.596. The van der Waals surface area contributed by atoms with E-state index in [2.05, 4.69) is 15.6 Å². The van der Waals surface area contributed by atoms with E-state index >= 15 is 0 Å². The molecule has 0 atom stereocenters. The Morgan fingerprint density at radius 2 is 2.05 bits per heavy atom. The number of rotatable bonds is 2. The predicted molar refractivity (Wildman–Crippen MR) is 80.3 cm³/mol. The van der Waals surface area contributed by atoms with Crippen LogP contribution in [0.15, 0.2) is 42.6 Å². The second-order valence-corrected chi connectivity index (χ2v) is 5.51. The van der Waals surface area contributed by atoms with E-state index in [4.69, 9.17) is 0 Å². The Labute approximate surface area is 122 Å². The van der Waals surface area contributed by atoms with E-state index in [-0.39, 0.29) is 11.8 Å². The summed E-state index contributed by atoms with van der Waals surface area (Å²) in [7, 11) is 0. The van der Waals surface area contributed by atoms with Gasteiger partial charge in [-0.3, -0.25) is 14.6 Å². The SMILES string of the molecule is CC1(C)C(=O)Nc2ccc(NC(=O)c3ccccn3)cc21. The summed E-state index contributed by atoms with van der Waals surface area (Å²) in [5, 5.41) is 5.64. The molecule has 1 aromatic heterocycles. The summed E-state index contributed by atoms with van der Waals surface area (Å²) in [6.07, 6.45) is 1.57. The summed E-state index contributed by atoms with van der Waals surface area (Å²) >= 11 is 0. The van der Waals surface area contributed by atoms with E-state index in [1.165, 1.54) is 0 Å². The van der Waals surface area contributed by atoms with Crippen molar-refractivity contribution >= 4 is 23.2 Å². The molecule has 0 bridgehead atoms. The number of aromatic nitrogens is 1. The first-order valence-corrected chi connectivity index (χ1v) is 6.67. The lowest BCUT2D eigenvalue weighted by molar-refractivity contribution is -0.119. The topological polar surface area (TPSA) is 71.1 Å². The number of hydrogen-bond acceptors (Lipinski definition) is 3. The Morgan fingerprint density at radius 1 is 1.24 bits per heavy atom. The van der Waals surface area contributed by atoms with E-state index in [0.29, 0.717) is 11.4 Å². The van der Waals surface area contributed by atoms with Crippen molar-refractivity contribution in [3.8, 4) is 0 Å². The molecule has 0 saturated heterocycles. The van der Waals surface area contributed by atoms with Crippen molar-refractivity contribution in [3.05, 3.63) is 53.9 Å². The third kappa shape index (κ3) is 2.27. The van der Waals surface area contributed by atoms with E-state index in [1.807, 2.05) is 19.9 Å². The lowest BCUT2D eigenvalue weighted by Gasteiger charge is -2.16. The molecular formula is C16H15N3O2. The van der Waals surface area contributed by atoms with Crippen LogP contribution in [0.25, 0.3) is 0 Å². The first-order chi connectivity index (χ1) is 9.98. The quantitative estimate of drug-likeness (QED) is 0.888. The smallest absolute Gasteiger partial charge is 0.274 e. The summed E-state index contributed by atoms with van der Waals surface area (Å²) in [4.78, 5) is 28.0. The normalized spacial score (nSPS) is 15.2. The maximum atomic E-state index is 12.1. The summed E-state index contributed by atoms with van der Waals surface area (Å²) < 4.78 is 0. The van der Waals surface area contributed by atoms with E-state index in [1.54, 1.807) is 36.5 Å². The molecule has 0 saturated carbocycles. The molecule has 21 heavy (non-hydrogen) atoms. The Morgan fingerprint density at radius 3 is 2.76 bits per heavy atom. The number of pyridine rings is 1. The Balaban J connectivity index is 1.88. The summed E-state index contributed by atoms with van der Waals surface area (Å²) in [6.45, 7) is 3.72. The van der Waals surface area contributed by atoms with Gasteiger partial charge < -0.3 is 10.6 Å². The van der Waals surface area contributed by atoms with Crippen molar-refractivity contribution in [2.45, 2.75) is 19.3 Å². The summed E-state index contributed by atoms with van der Waals surface area (Å²) in [5.74, 6) is -0.309. The predicted octanol–water partition coefficient (Wildman–Crippen LogP) is 2.56. The molecule has 0 spiro atoms. The van der Waals surface area contributed by atoms with Crippen LogP contribution < -0.4 is 10.6 Å². The second-order valence-electron chi connectivity index (χ2n) is 5.51. The van der Waals surface area contributed by atoms with Gasteiger partial charge in [0.05, 0.1) is 5.41 Å². The van der Waals surface area contributed by atoms with E-state index < -0.39 is 5.41 Å². The first-order valence-electron chi connectivity index (χ1n) is 6.67. The molecule has 1 aromatic carbocycles. The average molecular weight is 281 g/mol. The van der Waals surface area contributed by atoms with Crippen LogP contribution in [0.1, 0.15) is 29.9 Å². The largest absolute Gasteiger partial charge is 0.325 e. The molecular weight excluding hydrogens is 266 g/mol. The van der Waals surface area contributed by atoms with Crippen molar-refractivity contribution in [2.75, 3.05) is 10.6 Å². The minimum Gasteiger partial charge on any atom is -0.325 e. The van der Waals surface area contributed by atoms with E-state index in [0.717, 1.165) is 11.3 Å². The molecule has 5 nitrogen and oxygen atoms in total. The van der Waals surface area contributed by atoms with Crippen molar-refractivity contribution < 1.29 is 9.59 Å². The fraction of sp³-hybridized carbons (Fsp3) is 0.188. The van der Waals surface area contributed by atoms with Crippen molar-refractivity contribution in [2.24, 2.45) is 0 Å². The number of nitrogens with one attached hydrogen (secondary N) is 2. The minimum absolute atomic E-state index is 0.0364. The zero-order chi connectivity index (χ0) is 15.0. The maximum Gasteiger partial charge on any atom is 0.274 e. The molecule has 1 aliphatic rings. The fourth-order valence-electron chi connectivity index (χ4n) is 2.34. The average Bonchev–Trinajstić information content (AvgIpc) is 2.70. The maximum absolute atomic E-state index is 12.1. The van der Waals surface area contributed by atoms with Gasteiger partial charge in [-0.2, -0.15) is 0 Å². The second kappa shape index (κ2) is 4.70. The van der Waals surface area contributed by atoms with Gasteiger partial charge in [0, 0.05) is 17.6 Å². The lowest BCUT2D eigenvalue weighted by atomic mass is 9.86. The Bertz CT molecular complexity index is 724. The van der Waals surface area contributed by atoms with Crippen LogP contribution in [0.3, 0.4) is 0 Å². The number of hydrogen-bond donors (Lipinski definition) is 2. The van der Waals surface area contributed by atoms with Gasteiger partial charge in [-0.1, -0.05) is 6.07 Å². The number of benzene rings is 1. The molecule has 0 fully saturated rings. The molecule has 2 amide bonds. The standard InChI is InChI=1S/C16H15N3O2/c1-16(2)11-9-10(6-7-12(11)19-15(16)21)18-14(20)13-5-3-4-8-17-13/h3-9H,1-2H3,(H,18,20)(H,19,21). The fourth-order valence-corrected chi connectivity index (χ4v) is 2.34. The first kappa shape index (κ1) is 13.3. The molecule has 2 heterocycles. The molecule has 2 aromatic rings. The Kier molecular flexibility index (Phi) is 2.97. The van der Waals surface area contributed by atoms with Gasteiger partial charge in [0.25, 0.3) is 5.91 Å². The van der Waals surface area contributed by atoms with Crippen molar-refractivity contribution in [1.29, 1.82) is 0 Å². The highest BCUT2D eigenvalue weighted by atomic mass is 16.2. The lowest BCUT2D eigenvalue weighted by Crippen LogP contribution is -2.26. The highest BCUT2D eigenvalue weighted by Crippen LogP contribution is 2.38.